The second-order valence-corrected chi connectivity index (χ2v) is 26.2. The highest BCUT2D eigenvalue weighted by Crippen LogP contribution is 2.43. The number of carbonyl (C=O) groups excluding carboxylic acids is 2. The van der Waals surface area contributed by atoms with Crippen molar-refractivity contribution in [1.29, 1.82) is 0 Å². The molecule has 506 valence electrons. The van der Waals surface area contributed by atoms with Crippen LogP contribution < -0.4 is 5.73 Å². The van der Waals surface area contributed by atoms with Crippen LogP contribution in [0, 0.1) is 0 Å². The molecule has 0 aromatic carbocycles. The average Bonchev–Trinajstić information content (AvgIpc) is 3.64. The molecule has 0 amide bonds. The van der Waals surface area contributed by atoms with Gasteiger partial charge in [-0.1, -0.05) is 343 Å². The number of allylic oxidation sites excluding steroid dienone is 14. The van der Waals surface area contributed by atoms with Gasteiger partial charge in [-0.3, -0.25) is 18.6 Å². The first kappa shape index (κ1) is 84.2. The molecule has 0 bridgehead atoms. The Morgan fingerprint density at radius 2 is 0.632 bits per heavy atom. The van der Waals surface area contributed by atoms with Crippen molar-refractivity contribution in [3.8, 4) is 0 Å². The second-order valence-electron chi connectivity index (χ2n) is 24.8. The zero-order valence-corrected chi connectivity index (χ0v) is 57.9. The van der Waals surface area contributed by atoms with Gasteiger partial charge in [0.15, 0.2) is 6.10 Å². The number of hydrogen-bond acceptors (Lipinski definition) is 8. The van der Waals surface area contributed by atoms with Crippen LogP contribution in [0.15, 0.2) is 85.1 Å². The smallest absolute Gasteiger partial charge is 0.462 e. The Bertz CT molecular complexity index is 1700. The molecule has 2 atom stereocenters. The molecule has 0 aliphatic rings. The fourth-order valence-electron chi connectivity index (χ4n) is 10.8. The van der Waals surface area contributed by atoms with Crippen LogP contribution in [0.1, 0.15) is 361 Å². The Morgan fingerprint density at radius 3 is 0.954 bits per heavy atom. The van der Waals surface area contributed by atoms with E-state index in [0.29, 0.717) is 6.42 Å². The Balaban J connectivity index is 3.83. The number of nitrogens with two attached hydrogens (primary N) is 1. The first-order valence-corrected chi connectivity index (χ1v) is 38.6. The Labute approximate surface area is 538 Å². The van der Waals surface area contributed by atoms with Crippen LogP contribution in [0.5, 0.6) is 0 Å². The first-order valence-electron chi connectivity index (χ1n) is 37.1. The summed E-state index contributed by atoms with van der Waals surface area (Å²) in [7, 11) is -4.40. The van der Waals surface area contributed by atoms with Crippen LogP contribution in [0.4, 0.5) is 0 Å². The van der Waals surface area contributed by atoms with E-state index in [1.807, 2.05) is 0 Å². The second kappa shape index (κ2) is 72.3. The third-order valence-electron chi connectivity index (χ3n) is 16.3. The van der Waals surface area contributed by atoms with Gasteiger partial charge in [0.05, 0.1) is 13.2 Å². The number of phosphoric ester groups is 1. The monoisotopic (exact) mass is 1240 g/mol. The minimum Gasteiger partial charge on any atom is -0.462 e. The molecule has 3 N–H and O–H groups in total. The van der Waals surface area contributed by atoms with Gasteiger partial charge in [-0.05, 0) is 89.9 Å². The van der Waals surface area contributed by atoms with E-state index in [1.165, 1.54) is 250 Å². The lowest BCUT2D eigenvalue weighted by Crippen LogP contribution is -2.29. The SMILES string of the molecule is CC/C=C\C/C=C\C/C=C\C/C=C\C/C=C\C/C=C\CCCCCCCCCCCCCCCCCCC(=O)OC(COC(=O)CCCCCCCCCCCCCCCCCCCCC/C=C\CCCCCCCCCC)COP(=O)(O)OCCN. The van der Waals surface area contributed by atoms with E-state index in [0.717, 1.165) is 77.0 Å². The molecular weight excluding hydrogens is 1100 g/mol. The van der Waals surface area contributed by atoms with Crippen LogP contribution in [0.2, 0.25) is 0 Å². The molecule has 87 heavy (non-hydrogen) atoms. The largest absolute Gasteiger partial charge is 0.472 e. The highest BCUT2D eigenvalue weighted by molar-refractivity contribution is 7.47. The van der Waals surface area contributed by atoms with Gasteiger partial charge in [0.25, 0.3) is 0 Å². The van der Waals surface area contributed by atoms with E-state index in [1.54, 1.807) is 0 Å². The van der Waals surface area contributed by atoms with E-state index < -0.39 is 26.5 Å². The Kier molecular flexibility index (Phi) is 69.9. The van der Waals surface area contributed by atoms with Gasteiger partial charge < -0.3 is 20.1 Å². The molecule has 0 aromatic heterocycles. The van der Waals surface area contributed by atoms with Crippen LogP contribution in [-0.4, -0.2) is 49.3 Å². The number of carbonyl (C=O) groups is 2. The van der Waals surface area contributed by atoms with Crippen molar-refractivity contribution < 1.29 is 37.6 Å². The molecule has 0 fully saturated rings. The number of rotatable bonds is 70. The average molecular weight is 1240 g/mol. The van der Waals surface area contributed by atoms with E-state index in [2.05, 4.69) is 98.9 Å². The summed E-state index contributed by atoms with van der Waals surface area (Å²) in [6.07, 6.45) is 96.9. The minimum atomic E-state index is -4.40. The molecule has 0 aliphatic carbocycles. The highest BCUT2D eigenvalue weighted by atomic mass is 31.2. The van der Waals surface area contributed by atoms with Gasteiger partial charge in [0, 0.05) is 19.4 Å². The lowest BCUT2D eigenvalue weighted by atomic mass is 10.0. The molecule has 0 radical (unpaired) electrons. The maximum Gasteiger partial charge on any atom is 0.472 e. The molecule has 0 aliphatic heterocycles. The van der Waals surface area contributed by atoms with Crippen LogP contribution in [0.3, 0.4) is 0 Å². The highest BCUT2D eigenvalue weighted by Gasteiger charge is 2.26. The lowest BCUT2D eigenvalue weighted by molar-refractivity contribution is -0.161. The normalized spacial score (nSPS) is 13.4. The van der Waals surface area contributed by atoms with Crippen molar-refractivity contribution in [2.45, 2.75) is 367 Å². The standard InChI is InChI=1S/C77H140NO8P/c1-3-5-7-9-11-13-15-17-19-21-23-25-27-29-31-33-35-36-37-38-40-42-44-46-48-50-52-54-56-58-60-62-64-66-68-70-77(80)86-75(74-85-87(81,82)84-72-71-78)73-83-76(79)69-67-65-63-61-59-57-55-53-51-49-47-45-43-41-39-34-32-30-28-26-24-22-20-18-16-14-12-10-8-6-4-2/h5,7,11,13,17,19,22-25,29,31,35-36,75H,3-4,6,8-10,12,14-16,18,20-21,26-28,30,32-34,37-74,78H2,1-2H3,(H,81,82)/b7-5-,13-11-,19-17-,24-22-,25-23-,31-29-,36-35-. The fraction of sp³-hybridized carbons (Fsp3) is 0.792. The molecule has 0 rings (SSSR count). The molecule has 0 aromatic rings. The molecule has 0 heterocycles. The molecular formula is C77H140NO8P. The van der Waals surface area contributed by atoms with Crippen LogP contribution >= 0.6 is 7.82 Å². The van der Waals surface area contributed by atoms with Gasteiger partial charge in [-0.15, -0.1) is 0 Å². The molecule has 0 spiro atoms. The summed E-state index contributed by atoms with van der Waals surface area (Å²) in [6.45, 7) is 3.68. The van der Waals surface area contributed by atoms with E-state index in [-0.39, 0.29) is 38.6 Å². The number of esters is 2. The van der Waals surface area contributed by atoms with E-state index in [9.17, 15) is 19.0 Å². The molecule has 0 saturated heterocycles. The van der Waals surface area contributed by atoms with Gasteiger partial charge in [-0.2, -0.15) is 0 Å². The Morgan fingerprint density at radius 1 is 0.356 bits per heavy atom. The zero-order chi connectivity index (χ0) is 63.0. The molecule has 2 unspecified atom stereocenters. The molecule has 9 nitrogen and oxygen atoms in total. The Hall–Kier alpha value is -2.81. The van der Waals surface area contributed by atoms with Crippen molar-refractivity contribution in [1.82, 2.24) is 0 Å². The number of unbranched alkanes of at least 4 members (excludes halogenated alkanes) is 43. The summed E-state index contributed by atoms with van der Waals surface area (Å²) in [5.41, 5.74) is 5.41. The quantitative estimate of drug-likeness (QED) is 0.0264. The topological polar surface area (TPSA) is 134 Å². The molecule has 10 heteroatoms. The van der Waals surface area contributed by atoms with Gasteiger partial charge in [-0.25, -0.2) is 4.57 Å². The summed E-state index contributed by atoms with van der Waals surface area (Å²) in [5.74, 6) is -0.812. The van der Waals surface area contributed by atoms with Crippen LogP contribution in [-0.2, 0) is 32.7 Å². The zero-order valence-electron chi connectivity index (χ0n) is 57.0. The summed E-state index contributed by atoms with van der Waals surface area (Å²) < 4.78 is 33.2. The van der Waals surface area contributed by atoms with E-state index in [4.69, 9.17) is 24.3 Å². The third-order valence-corrected chi connectivity index (χ3v) is 17.2. The predicted octanol–water partition coefficient (Wildman–Crippen LogP) is 24.5. The van der Waals surface area contributed by atoms with Crippen LogP contribution in [0.25, 0.3) is 0 Å². The van der Waals surface area contributed by atoms with Gasteiger partial charge in [0.2, 0.25) is 0 Å². The maximum absolute atomic E-state index is 12.8. The number of ether oxygens (including phenoxy) is 2. The summed E-state index contributed by atoms with van der Waals surface area (Å²) in [5, 5.41) is 0. The minimum absolute atomic E-state index is 0.0531. The third kappa shape index (κ3) is 72.1. The van der Waals surface area contributed by atoms with Gasteiger partial charge >= 0.3 is 19.8 Å². The molecule has 0 saturated carbocycles. The van der Waals surface area contributed by atoms with E-state index >= 15 is 0 Å². The summed E-state index contributed by atoms with van der Waals surface area (Å²) in [6, 6.07) is 0. The number of hydrogen-bond donors (Lipinski definition) is 2. The number of phosphoric acid groups is 1. The summed E-state index contributed by atoms with van der Waals surface area (Å²) in [4.78, 5) is 35.4. The lowest BCUT2D eigenvalue weighted by Gasteiger charge is -2.19. The van der Waals surface area contributed by atoms with Crippen molar-refractivity contribution in [2.24, 2.45) is 5.73 Å². The van der Waals surface area contributed by atoms with Crippen molar-refractivity contribution >= 4 is 19.8 Å². The van der Waals surface area contributed by atoms with Gasteiger partial charge in [0.1, 0.15) is 6.61 Å². The summed E-state index contributed by atoms with van der Waals surface area (Å²) >= 11 is 0. The van der Waals surface area contributed by atoms with Crippen molar-refractivity contribution in [2.75, 3.05) is 26.4 Å². The first-order chi connectivity index (χ1) is 42.8. The van der Waals surface area contributed by atoms with Crippen molar-refractivity contribution in [3.63, 3.8) is 0 Å². The van der Waals surface area contributed by atoms with Crippen molar-refractivity contribution in [3.05, 3.63) is 85.1 Å². The predicted molar refractivity (Wildman–Crippen MR) is 376 cm³/mol. The maximum atomic E-state index is 12.8. The fourth-order valence-corrected chi connectivity index (χ4v) is 11.6.